The number of nitrogen functional groups attached to an aromatic ring is 1. The van der Waals surface area contributed by atoms with Crippen molar-refractivity contribution in [3.8, 4) is 0 Å². The molecule has 4 aromatic rings. The highest BCUT2D eigenvalue weighted by molar-refractivity contribution is 7.09. The van der Waals surface area contributed by atoms with E-state index in [9.17, 15) is 18.8 Å². The molecule has 1 heterocycles. The highest BCUT2D eigenvalue weighted by Gasteiger charge is 2.36. The molecule has 1 saturated carbocycles. The van der Waals surface area contributed by atoms with E-state index < -0.39 is 29.6 Å². The van der Waals surface area contributed by atoms with Crippen LogP contribution in [0.15, 0.2) is 78.9 Å². The largest absolute Gasteiger partial charge is 0.395 e. The number of carbonyl (C=O) groups is 3. The fourth-order valence-electron chi connectivity index (χ4n) is 5.16. The van der Waals surface area contributed by atoms with Crippen LogP contribution in [0.4, 0.5) is 15.8 Å². The van der Waals surface area contributed by atoms with Crippen molar-refractivity contribution in [3.63, 3.8) is 0 Å². The number of hydrogen-bond donors (Lipinski definition) is 3. The molecule has 0 radical (unpaired) electrons. The second-order valence-corrected chi connectivity index (χ2v) is 11.6. The molecule has 0 aliphatic heterocycles. The number of halogens is 2. The summed E-state index contributed by atoms with van der Waals surface area (Å²) >= 11 is 6.95. The van der Waals surface area contributed by atoms with Gasteiger partial charge in [0.15, 0.2) is 5.69 Å². The van der Waals surface area contributed by atoms with Crippen LogP contribution in [0, 0.1) is 5.82 Å². The number of carbonyl (C=O) groups excluding carboxylic acids is 3. The lowest BCUT2D eigenvalue weighted by atomic mass is 9.95. The number of amides is 3. The number of rotatable bonds is 9. The Balaban J connectivity index is 1.52. The molecule has 8 nitrogen and oxygen atoms in total. The van der Waals surface area contributed by atoms with Gasteiger partial charge in [-0.15, -0.1) is 0 Å². The third-order valence-corrected chi connectivity index (χ3v) is 8.51. The van der Waals surface area contributed by atoms with Crippen LogP contribution in [0.2, 0.25) is 5.02 Å². The smallest absolute Gasteiger partial charge is 0.273 e. The van der Waals surface area contributed by atoms with Crippen LogP contribution in [-0.2, 0) is 11.3 Å². The fraction of sp³-hybridized carbons (Fsp3) is 0.250. The molecule has 222 valence electrons. The van der Waals surface area contributed by atoms with Crippen LogP contribution < -0.4 is 21.3 Å². The lowest BCUT2D eigenvalue weighted by molar-refractivity contribution is -0.122. The minimum absolute atomic E-state index is 0.00622. The maximum absolute atomic E-state index is 14.3. The quantitative estimate of drug-likeness (QED) is 0.204. The average molecular weight is 620 g/mol. The van der Waals surface area contributed by atoms with Crippen molar-refractivity contribution in [1.29, 1.82) is 0 Å². The number of hydrogen-bond acceptors (Lipinski definition) is 6. The van der Waals surface area contributed by atoms with Gasteiger partial charge in [-0.2, -0.15) is 4.37 Å². The monoisotopic (exact) mass is 619 g/mol. The van der Waals surface area contributed by atoms with Gasteiger partial charge >= 0.3 is 0 Å². The van der Waals surface area contributed by atoms with Crippen LogP contribution in [0.5, 0.6) is 0 Å². The lowest BCUT2D eigenvalue weighted by Gasteiger charge is -2.31. The molecule has 0 spiro atoms. The topological polar surface area (TPSA) is 117 Å². The van der Waals surface area contributed by atoms with Crippen LogP contribution in [-0.4, -0.2) is 28.1 Å². The molecule has 1 aromatic heterocycles. The van der Waals surface area contributed by atoms with Gasteiger partial charge < -0.3 is 16.4 Å². The van der Waals surface area contributed by atoms with Gasteiger partial charge in [-0.1, -0.05) is 73.3 Å². The van der Waals surface area contributed by atoms with Gasteiger partial charge in [0.2, 0.25) is 5.91 Å². The number of nitrogens with zero attached hydrogens (tertiary/aromatic N) is 2. The summed E-state index contributed by atoms with van der Waals surface area (Å²) in [4.78, 5) is 42.6. The van der Waals surface area contributed by atoms with Crippen molar-refractivity contribution in [3.05, 3.63) is 111 Å². The van der Waals surface area contributed by atoms with E-state index in [4.69, 9.17) is 17.3 Å². The first-order valence-corrected chi connectivity index (χ1v) is 15.2. The molecular weight excluding hydrogens is 589 g/mol. The maximum atomic E-state index is 14.3. The number of aromatic nitrogens is 1. The van der Waals surface area contributed by atoms with Crippen LogP contribution in [0.1, 0.15) is 69.4 Å². The Bertz CT molecular complexity index is 1580. The first kappa shape index (κ1) is 30.2. The van der Waals surface area contributed by atoms with E-state index in [0.717, 1.165) is 49.2 Å². The highest BCUT2D eigenvalue weighted by Crippen LogP contribution is 2.34. The van der Waals surface area contributed by atoms with Crippen molar-refractivity contribution in [2.75, 3.05) is 10.6 Å². The SMILES string of the molecule is Nc1c(C(=O)NC2CCCCC2)nsc1C(=O)N(c1ccc(Cl)cc1)[C@@H](C(=O)NCc1ccccc1)c1ccc(F)cc1. The van der Waals surface area contributed by atoms with Gasteiger partial charge in [-0.3, -0.25) is 19.3 Å². The molecule has 0 saturated heterocycles. The van der Waals surface area contributed by atoms with Crippen molar-refractivity contribution in [2.24, 2.45) is 0 Å². The molecular formula is C32H31ClFN5O3S. The average Bonchev–Trinajstić information content (AvgIpc) is 3.42. The summed E-state index contributed by atoms with van der Waals surface area (Å²) in [6, 6.07) is 19.9. The number of benzene rings is 3. The van der Waals surface area contributed by atoms with Gasteiger partial charge in [0.1, 0.15) is 16.7 Å². The summed E-state index contributed by atoms with van der Waals surface area (Å²) in [5, 5.41) is 6.32. The number of nitrogens with two attached hydrogens (primary N) is 1. The zero-order chi connectivity index (χ0) is 30.3. The number of nitrogens with one attached hydrogen (secondary N) is 2. The van der Waals surface area contributed by atoms with Gasteiger partial charge in [0, 0.05) is 23.3 Å². The first-order valence-electron chi connectivity index (χ1n) is 14.0. The summed E-state index contributed by atoms with van der Waals surface area (Å²) in [6.45, 7) is 0.203. The Morgan fingerprint density at radius 3 is 2.33 bits per heavy atom. The van der Waals surface area contributed by atoms with Gasteiger partial charge in [-0.05, 0) is 71.9 Å². The van der Waals surface area contributed by atoms with E-state index in [1.807, 2.05) is 30.3 Å². The Morgan fingerprint density at radius 2 is 1.65 bits per heavy atom. The Morgan fingerprint density at radius 1 is 0.977 bits per heavy atom. The predicted octanol–water partition coefficient (Wildman–Crippen LogP) is 6.28. The summed E-state index contributed by atoms with van der Waals surface area (Å²) in [5.74, 6) is -2.07. The van der Waals surface area contributed by atoms with E-state index in [1.54, 1.807) is 24.3 Å². The molecule has 5 rings (SSSR count). The Hall–Kier alpha value is -4.28. The van der Waals surface area contributed by atoms with E-state index in [0.29, 0.717) is 16.3 Å². The molecule has 4 N–H and O–H groups in total. The van der Waals surface area contributed by atoms with E-state index in [1.165, 1.54) is 29.2 Å². The molecule has 1 fully saturated rings. The summed E-state index contributed by atoms with van der Waals surface area (Å²) < 4.78 is 18.2. The Labute approximate surface area is 258 Å². The lowest BCUT2D eigenvalue weighted by Crippen LogP contribution is -2.44. The molecule has 0 unspecified atom stereocenters. The normalized spacial score (nSPS) is 14.1. The maximum Gasteiger partial charge on any atom is 0.273 e. The molecule has 43 heavy (non-hydrogen) atoms. The van der Waals surface area contributed by atoms with Crippen molar-refractivity contribution in [1.82, 2.24) is 15.0 Å². The predicted molar refractivity (Wildman–Crippen MR) is 167 cm³/mol. The van der Waals surface area contributed by atoms with E-state index in [-0.39, 0.29) is 28.8 Å². The van der Waals surface area contributed by atoms with Gasteiger partial charge in [-0.25, -0.2) is 4.39 Å². The Kier molecular flexibility index (Phi) is 9.68. The third kappa shape index (κ3) is 7.21. The molecule has 3 aromatic carbocycles. The van der Waals surface area contributed by atoms with Crippen LogP contribution in [0.3, 0.4) is 0 Å². The standard InChI is InChI=1S/C32H31ClFN5O3S/c33-22-13-17-25(18-14-22)39(32(42)29-26(35)27(38-43-29)30(40)37-24-9-5-2-6-10-24)28(21-11-15-23(34)16-12-21)31(41)36-19-20-7-3-1-4-8-20/h1,3-4,7-8,11-18,24,28H,2,5-6,9-10,19,35H2,(H,36,41)(H,37,40)/t28-/m1/s1. The molecule has 1 atom stereocenters. The molecule has 0 bridgehead atoms. The fourth-order valence-corrected chi connectivity index (χ4v) is 6.02. The first-order chi connectivity index (χ1) is 20.8. The summed E-state index contributed by atoms with van der Waals surface area (Å²) in [6.07, 6.45) is 4.97. The van der Waals surface area contributed by atoms with E-state index in [2.05, 4.69) is 15.0 Å². The van der Waals surface area contributed by atoms with E-state index >= 15 is 0 Å². The summed E-state index contributed by atoms with van der Waals surface area (Å²) in [7, 11) is 0. The second-order valence-electron chi connectivity index (χ2n) is 10.4. The molecule has 1 aliphatic carbocycles. The van der Waals surface area contributed by atoms with Crippen LogP contribution in [0.25, 0.3) is 0 Å². The van der Waals surface area contributed by atoms with Crippen molar-refractivity contribution in [2.45, 2.75) is 50.7 Å². The second kappa shape index (κ2) is 13.8. The van der Waals surface area contributed by atoms with Gasteiger partial charge in [0.25, 0.3) is 11.8 Å². The molecule has 11 heteroatoms. The van der Waals surface area contributed by atoms with Crippen LogP contribution >= 0.6 is 23.1 Å². The summed E-state index contributed by atoms with van der Waals surface area (Å²) in [5.41, 5.74) is 7.87. The molecule has 1 aliphatic rings. The molecule has 3 amide bonds. The van der Waals surface area contributed by atoms with Crippen molar-refractivity contribution < 1.29 is 18.8 Å². The zero-order valence-corrected chi connectivity index (χ0v) is 24.8. The zero-order valence-electron chi connectivity index (χ0n) is 23.3. The minimum Gasteiger partial charge on any atom is -0.395 e. The highest BCUT2D eigenvalue weighted by atomic mass is 35.5. The number of anilines is 2. The minimum atomic E-state index is -1.22. The van der Waals surface area contributed by atoms with Crippen molar-refractivity contribution >= 4 is 52.2 Å². The van der Waals surface area contributed by atoms with Gasteiger partial charge in [0.05, 0.1) is 5.69 Å². The third-order valence-electron chi connectivity index (χ3n) is 7.40.